The molecule has 1 N–H and O–H groups in total. The molecule has 0 spiro atoms. The summed E-state index contributed by atoms with van der Waals surface area (Å²) in [6, 6.07) is 2.24. The molecule has 18 heavy (non-hydrogen) atoms. The first-order valence-corrected chi connectivity index (χ1v) is 5.69. The zero-order chi connectivity index (χ0) is 13.3. The maximum atomic E-state index is 13.8. The summed E-state index contributed by atoms with van der Waals surface area (Å²) in [5.41, 5.74) is -0.421. The first-order valence-electron chi connectivity index (χ1n) is 5.69. The number of benzene rings is 1. The molecule has 1 aromatic carbocycles. The van der Waals surface area contributed by atoms with Crippen LogP contribution in [0.5, 0.6) is 0 Å². The van der Waals surface area contributed by atoms with E-state index in [4.69, 9.17) is 4.42 Å². The molecule has 1 heterocycles. The van der Waals surface area contributed by atoms with Gasteiger partial charge in [-0.15, -0.1) is 0 Å². The third kappa shape index (κ3) is 2.01. The average Bonchev–Trinajstić information content (AvgIpc) is 2.81. The largest absolute Gasteiger partial charge is 0.461 e. The Morgan fingerprint density at radius 2 is 2.17 bits per heavy atom. The number of carbonyl (C=O) groups excluding carboxylic acids is 1. The topological polar surface area (TPSA) is 42.2 Å². The van der Waals surface area contributed by atoms with Crippen LogP contribution in [0.4, 0.5) is 8.78 Å². The SMILES string of the molecule is CCN[C@@H](C)C(=O)c1cc2ccoc2c(F)c1F. The molecule has 0 radical (unpaired) electrons. The molecule has 1 aromatic heterocycles. The van der Waals surface area contributed by atoms with Crippen LogP contribution < -0.4 is 5.32 Å². The Kier molecular flexibility index (Phi) is 3.43. The highest BCUT2D eigenvalue weighted by atomic mass is 19.2. The van der Waals surface area contributed by atoms with Gasteiger partial charge < -0.3 is 9.73 Å². The van der Waals surface area contributed by atoms with E-state index in [1.807, 2.05) is 6.92 Å². The van der Waals surface area contributed by atoms with Crippen molar-refractivity contribution in [2.75, 3.05) is 6.54 Å². The molecule has 0 fully saturated rings. The zero-order valence-electron chi connectivity index (χ0n) is 10.1. The minimum Gasteiger partial charge on any atom is -0.461 e. The van der Waals surface area contributed by atoms with Crippen LogP contribution in [-0.4, -0.2) is 18.4 Å². The first kappa shape index (κ1) is 12.7. The normalized spacial score (nSPS) is 12.9. The van der Waals surface area contributed by atoms with Crippen LogP contribution in [0.1, 0.15) is 24.2 Å². The summed E-state index contributed by atoms with van der Waals surface area (Å²) in [7, 11) is 0. The molecule has 2 aromatic rings. The minimum absolute atomic E-state index is 0.167. The summed E-state index contributed by atoms with van der Waals surface area (Å²) in [6.45, 7) is 4.02. The number of Topliss-reactive ketones (excluding diaryl/α,β-unsaturated/α-hetero) is 1. The molecule has 0 saturated heterocycles. The smallest absolute Gasteiger partial charge is 0.202 e. The molecule has 0 saturated carbocycles. The lowest BCUT2D eigenvalue weighted by atomic mass is 10.0. The van der Waals surface area contributed by atoms with Crippen molar-refractivity contribution in [3.63, 3.8) is 0 Å². The van der Waals surface area contributed by atoms with Crippen LogP contribution in [0.3, 0.4) is 0 Å². The van der Waals surface area contributed by atoms with Gasteiger partial charge in [-0.3, -0.25) is 4.79 Å². The molecule has 3 nitrogen and oxygen atoms in total. The first-order chi connectivity index (χ1) is 8.56. The fourth-order valence-electron chi connectivity index (χ4n) is 1.86. The Morgan fingerprint density at radius 1 is 1.44 bits per heavy atom. The second-order valence-corrected chi connectivity index (χ2v) is 4.03. The second-order valence-electron chi connectivity index (χ2n) is 4.03. The van der Waals surface area contributed by atoms with E-state index in [9.17, 15) is 13.6 Å². The Hall–Kier alpha value is -1.75. The lowest BCUT2D eigenvalue weighted by Gasteiger charge is -2.12. The van der Waals surface area contributed by atoms with Crippen molar-refractivity contribution in [1.82, 2.24) is 5.32 Å². The minimum atomic E-state index is -1.16. The summed E-state index contributed by atoms with van der Waals surface area (Å²) in [5, 5.41) is 3.25. The van der Waals surface area contributed by atoms with E-state index >= 15 is 0 Å². The maximum absolute atomic E-state index is 13.8. The van der Waals surface area contributed by atoms with Crippen molar-refractivity contribution in [3.05, 3.63) is 35.6 Å². The van der Waals surface area contributed by atoms with Gasteiger partial charge in [0.1, 0.15) is 0 Å². The Bertz CT molecular complexity index is 592. The molecule has 0 aliphatic carbocycles. The van der Waals surface area contributed by atoms with Gasteiger partial charge in [0.05, 0.1) is 17.9 Å². The van der Waals surface area contributed by atoms with E-state index in [2.05, 4.69) is 5.32 Å². The van der Waals surface area contributed by atoms with Crippen LogP contribution in [0.25, 0.3) is 11.0 Å². The highest BCUT2D eigenvalue weighted by Crippen LogP contribution is 2.25. The van der Waals surface area contributed by atoms with Crippen molar-refractivity contribution in [3.8, 4) is 0 Å². The monoisotopic (exact) mass is 253 g/mol. The number of halogens is 2. The van der Waals surface area contributed by atoms with Crippen LogP contribution in [0.2, 0.25) is 0 Å². The number of fused-ring (bicyclic) bond motifs is 1. The number of rotatable bonds is 4. The molecule has 2 rings (SSSR count). The summed E-state index contributed by atoms with van der Waals surface area (Å²) in [4.78, 5) is 12.0. The number of nitrogens with one attached hydrogen (secondary N) is 1. The molecular weight excluding hydrogens is 240 g/mol. The lowest BCUT2D eigenvalue weighted by Crippen LogP contribution is -2.34. The molecule has 96 valence electrons. The van der Waals surface area contributed by atoms with Crippen LogP contribution in [0, 0.1) is 11.6 Å². The highest BCUT2D eigenvalue weighted by molar-refractivity contribution is 6.02. The number of hydrogen-bond donors (Lipinski definition) is 1. The molecule has 0 amide bonds. The predicted molar refractivity (Wildman–Crippen MR) is 63.6 cm³/mol. The third-order valence-electron chi connectivity index (χ3n) is 2.79. The van der Waals surface area contributed by atoms with Gasteiger partial charge in [0.25, 0.3) is 0 Å². The Balaban J connectivity index is 2.50. The Labute approximate surface area is 103 Å². The summed E-state index contributed by atoms with van der Waals surface area (Å²) in [5.74, 6) is -2.76. The zero-order valence-corrected chi connectivity index (χ0v) is 10.1. The number of carbonyl (C=O) groups is 1. The van der Waals surface area contributed by atoms with Crippen LogP contribution in [0.15, 0.2) is 22.8 Å². The highest BCUT2D eigenvalue weighted by Gasteiger charge is 2.23. The maximum Gasteiger partial charge on any atom is 0.202 e. The molecule has 0 aliphatic rings. The van der Waals surface area contributed by atoms with Crippen molar-refractivity contribution >= 4 is 16.8 Å². The summed E-state index contributed by atoms with van der Waals surface area (Å²) in [6.07, 6.45) is 1.26. The van der Waals surface area contributed by atoms with Crippen molar-refractivity contribution < 1.29 is 18.0 Å². The van der Waals surface area contributed by atoms with Crippen molar-refractivity contribution in [2.45, 2.75) is 19.9 Å². The van der Waals surface area contributed by atoms with Crippen LogP contribution >= 0.6 is 0 Å². The van der Waals surface area contributed by atoms with Gasteiger partial charge in [-0.05, 0) is 25.6 Å². The number of hydrogen-bond acceptors (Lipinski definition) is 3. The van der Waals surface area contributed by atoms with E-state index in [0.29, 0.717) is 11.9 Å². The number of likely N-dealkylation sites (N-methyl/N-ethyl adjacent to an activating group) is 1. The fourth-order valence-corrected chi connectivity index (χ4v) is 1.86. The van der Waals surface area contributed by atoms with Crippen molar-refractivity contribution in [2.24, 2.45) is 0 Å². The lowest BCUT2D eigenvalue weighted by molar-refractivity contribution is 0.0947. The van der Waals surface area contributed by atoms with E-state index in [-0.39, 0.29) is 11.1 Å². The van der Waals surface area contributed by atoms with Gasteiger partial charge in [-0.25, -0.2) is 4.39 Å². The van der Waals surface area contributed by atoms with Gasteiger partial charge in [0.2, 0.25) is 5.82 Å². The standard InChI is InChI=1S/C13H13F2NO2/c1-3-16-7(2)12(17)9-6-8-4-5-18-13(8)11(15)10(9)14/h4-7,16H,3H2,1-2H3/t7-/m0/s1. The van der Waals surface area contributed by atoms with Gasteiger partial charge in [-0.2, -0.15) is 4.39 Å². The summed E-state index contributed by atoms with van der Waals surface area (Å²) < 4.78 is 32.3. The predicted octanol–water partition coefficient (Wildman–Crippen LogP) is 2.89. The van der Waals surface area contributed by atoms with E-state index < -0.39 is 23.5 Å². The molecule has 0 bridgehead atoms. The van der Waals surface area contributed by atoms with E-state index in [1.54, 1.807) is 6.92 Å². The van der Waals surface area contributed by atoms with Gasteiger partial charge >= 0.3 is 0 Å². The quantitative estimate of drug-likeness (QED) is 0.852. The summed E-state index contributed by atoms with van der Waals surface area (Å²) >= 11 is 0. The van der Waals surface area contributed by atoms with Gasteiger partial charge in [0, 0.05) is 5.39 Å². The van der Waals surface area contributed by atoms with Crippen molar-refractivity contribution in [1.29, 1.82) is 0 Å². The number of ketones is 1. The van der Waals surface area contributed by atoms with E-state index in [0.717, 1.165) is 0 Å². The molecule has 0 aliphatic heterocycles. The van der Waals surface area contributed by atoms with Gasteiger partial charge in [-0.1, -0.05) is 6.92 Å². The molecule has 0 unspecified atom stereocenters. The Morgan fingerprint density at radius 3 is 2.83 bits per heavy atom. The fraction of sp³-hybridized carbons (Fsp3) is 0.308. The third-order valence-corrected chi connectivity index (χ3v) is 2.79. The van der Waals surface area contributed by atoms with Gasteiger partial charge in [0.15, 0.2) is 17.2 Å². The molecular formula is C13H13F2NO2. The van der Waals surface area contributed by atoms with Crippen LogP contribution in [-0.2, 0) is 0 Å². The van der Waals surface area contributed by atoms with E-state index in [1.165, 1.54) is 18.4 Å². The average molecular weight is 253 g/mol. The molecule has 1 atom stereocenters. The molecule has 5 heteroatoms. The number of furan rings is 1. The second kappa shape index (κ2) is 4.86.